The standard InChI is InChI=1S/C15H24N3O4PS/c1-11(2)10-14(19)18-13-6-4-12(5-7-13)15(20)16-8-9-17-23(21,22)24-3/h4-7,11H,8-10H2,1-3H3,(H,16,20)(H,18,19)(H2,17,21,22). The first-order chi connectivity index (χ1) is 11.2. The van der Waals surface area contributed by atoms with Gasteiger partial charge in [-0.25, -0.2) is 5.09 Å². The Morgan fingerprint density at radius 2 is 1.83 bits per heavy atom. The van der Waals surface area contributed by atoms with Crippen molar-refractivity contribution in [1.82, 2.24) is 10.4 Å². The lowest BCUT2D eigenvalue weighted by atomic mass is 10.1. The molecule has 0 aliphatic rings. The molecule has 0 heterocycles. The molecule has 0 aromatic heterocycles. The predicted molar refractivity (Wildman–Crippen MR) is 98.2 cm³/mol. The van der Waals surface area contributed by atoms with Crippen LogP contribution in [0.25, 0.3) is 0 Å². The summed E-state index contributed by atoms with van der Waals surface area (Å²) in [7, 11) is 0. The van der Waals surface area contributed by atoms with Gasteiger partial charge in [0.05, 0.1) is 0 Å². The van der Waals surface area contributed by atoms with Crippen molar-refractivity contribution >= 4 is 35.6 Å². The van der Waals surface area contributed by atoms with Crippen LogP contribution in [0.3, 0.4) is 0 Å². The third-order valence-corrected chi connectivity index (χ3v) is 5.98. The lowest BCUT2D eigenvalue weighted by Gasteiger charge is -2.11. The molecule has 1 aromatic rings. The molecule has 0 saturated heterocycles. The second-order valence-corrected chi connectivity index (χ2v) is 9.89. The molecule has 1 rings (SSSR count). The summed E-state index contributed by atoms with van der Waals surface area (Å²) in [6, 6.07) is 6.57. The van der Waals surface area contributed by atoms with E-state index < -0.39 is 6.72 Å². The summed E-state index contributed by atoms with van der Waals surface area (Å²) >= 11 is 0.845. The number of hydrogen-bond donors (Lipinski definition) is 4. The van der Waals surface area contributed by atoms with Gasteiger partial charge in [-0.1, -0.05) is 25.2 Å². The van der Waals surface area contributed by atoms with E-state index in [2.05, 4.69) is 15.7 Å². The monoisotopic (exact) mass is 373 g/mol. The molecule has 1 unspecified atom stereocenters. The van der Waals surface area contributed by atoms with Crippen LogP contribution in [-0.2, 0) is 9.36 Å². The number of carbonyl (C=O) groups is 2. The lowest BCUT2D eigenvalue weighted by molar-refractivity contribution is -0.116. The average Bonchev–Trinajstić information content (AvgIpc) is 2.51. The maximum atomic E-state index is 12.0. The zero-order chi connectivity index (χ0) is 18.2. The van der Waals surface area contributed by atoms with Crippen molar-refractivity contribution in [3.63, 3.8) is 0 Å². The highest BCUT2D eigenvalue weighted by Crippen LogP contribution is 2.47. The molecule has 0 bridgehead atoms. The van der Waals surface area contributed by atoms with Gasteiger partial charge >= 0.3 is 6.72 Å². The topological polar surface area (TPSA) is 108 Å². The third kappa shape index (κ3) is 7.97. The van der Waals surface area contributed by atoms with Gasteiger partial charge in [0.15, 0.2) is 0 Å². The number of carbonyl (C=O) groups excluding carboxylic acids is 2. The van der Waals surface area contributed by atoms with Gasteiger partial charge < -0.3 is 15.5 Å². The van der Waals surface area contributed by atoms with Crippen LogP contribution in [0.15, 0.2) is 24.3 Å². The zero-order valence-corrected chi connectivity index (χ0v) is 15.7. The van der Waals surface area contributed by atoms with Crippen LogP contribution in [0, 0.1) is 5.92 Å². The summed E-state index contributed by atoms with van der Waals surface area (Å²) in [6.07, 6.45) is 1.98. The molecule has 2 amide bonds. The van der Waals surface area contributed by atoms with Gasteiger partial charge in [0.2, 0.25) is 5.91 Å². The Kier molecular flexibility index (Phi) is 8.48. The first kappa shape index (κ1) is 20.7. The Morgan fingerprint density at radius 1 is 1.21 bits per heavy atom. The van der Waals surface area contributed by atoms with Crippen molar-refractivity contribution in [2.24, 2.45) is 5.92 Å². The molecule has 0 spiro atoms. The molecule has 0 saturated carbocycles. The normalized spacial score (nSPS) is 13.4. The second-order valence-electron chi connectivity index (χ2n) is 5.59. The summed E-state index contributed by atoms with van der Waals surface area (Å²) in [5.41, 5.74) is 1.09. The van der Waals surface area contributed by atoms with E-state index in [4.69, 9.17) is 0 Å². The Bertz CT molecular complexity index is 607. The summed E-state index contributed by atoms with van der Waals surface area (Å²) < 4.78 is 11.3. The average molecular weight is 373 g/mol. The largest absolute Gasteiger partial charge is 0.351 e. The van der Waals surface area contributed by atoms with Crippen molar-refractivity contribution in [3.8, 4) is 0 Å². The quantitative estimate of drug-likeness (QED) is 0.391. The Morgan fingerprint density at radius 3 is 2.38 bits per heavy atom. The van der Waals surface area contributed by atoms with Crippen LogP contribution in [0.2, 0.25) is 0 Å². The molecule has 0 radical (unpaired) electrons. The first-order valence-corrected chi connectivity index (χ1v) is 11.0. The minimum atomic E-state index is -3.36. The fourth-order valence-electron chi connectivity index (χ4n) is 1.83. The first-order valence-electron chi connectivity index (χ1n) is 7.55. The van der Waals surface area contributed by atoms with Crippen molar-refractivity contribution in [2.75, 3.05) is 24.7 Å². The molecule has 4 N–H and O–H groups in total. The van der Waals surface area contributed by atoms with E-state index in [1.54, 1.807) is 24.3 Å². The number of nitrogens with one attached hydrogen (secondary N) is 3. The van der Waals surface area contributed by atoms with Gasteiger partial charge in [-0.15, -0.1) is 0 Å². The number of hydrogen-bond acceptors (Lipinski definition) is 4. The minimum Gasteiger partial charge on any atom is -0.351 e. The maximum Gasteiger partial charge on any atom is 0.323 e. The molecular formula is C15H24N3O4PS. The molecule has 134 valence electrons. The van der Waals surface area contributed by atoms with E-state index in [1.165, 1.54) is 6.26 Å². The van der Waals surface area contributed by atoms with Gasteiger partial charge in [0.25, 0.3) is 5.91 Å². The summed E-state index contributed by atoms with van der Waals surface area (Å²) in [5, 5.41) is 7.90. The highest BCUT2D eigenvalue weighted by atomic mass is 32.7. The maximum absolute atomic E-state index is 12.0. The van der Waals surface area contributed by atoms with E-state index in [0.29, 0.717) is 17.7 Å². The highest BCUT2D eigenvalue weighted by molar-refractivity contribution is 8.55. The van der Waals surface area contributed by atoms with E-state index in [0.717, 1.165) is 11.4 Å². The number of rotatable bonds is 9. The fraction of sp³-hybridized carbons (Fsp3) is 0.467. The van der Waals surface area contributed by atoms with Crippen molar-refractivity contribution in [2.45, 2.75) is 20.3 Å². The molecular weight excluding hydrogens is 349 g/mol. The molecule has 24 heavy (non-hydrogen) atoms. The summed E-state index contributed by atoms with van der Waals surface area (Å²) in [4.78, 5) is 33.0. The van der Waals surface area contributed by atoms with Crippen LogP contribution in [0.5, 0.6) is 0 Å². The summed E-state index contributed by atoms with van der Waals surface area (Å²) in [6.45, 7) is 1.01. The van der Waals surface area contributed by atoms with Crippen LogP contribution < -0.4 is 15.7 Å². The van der Waals surface area contributed by atoms with Crippen LogP contribution in [0.4, 0.5) is 5.69 Å². The Balaban J connectivity index is 2.43. The molecule has 0 aliphatic heterocycles. The molecule has 1 aromatic carbocycles. The highest BCUT2D eigenvalue weighted by Gasteiger charge is 2.14. The predicted octanol–water partition coefficient (Wildman–Crippen LogP) is 2.45. The van der Waals surface area contributed by atoms with E-state index in [1.807, 2.05) is 13.8 Å². The fourth-order valence-corrected chi connectivity index (χ4v) is 3.01. The van der Waals surface area contributed by atoms with Crippen molar-refractivity contribution in [3.05, 3.63) is 29.8 Å². The Labute approximate surface area is 146 Å². The molecule has 0 fully saturated rings. The van der Waals surface area contributed by atoms with Gasteiger partial charge in [-0.3, -0.25) is 14.2 Å². The molecule has 7 nitrogen and oxygen atoms in total. The van der Waals surface area contributed by atoms with Crippen LogP contribution >= 0.6 is 18.1 Å². The molecule has 1 atom stereocenters. The van der Waals surface area contributed by atoms with Crippen LogP contribution in [0.1, 0.15) is 30.6 Å². The third-order valence-electron chi connectivity index (χ3n) is 2.99. The van der Waals surface area contributed by atoms with E-state index in [-0.39, 0.29) is 30.8 Å². The van der Waals surface area contributed by atoms with Gasteiger partial charge in [-0.2, -0.15) is 0 Å². The van der Waals surface area contributed by atoms with Gasteiger partial charge in [0.1, 0.15) is 0 Å². The van der Waals surface area contributed by atoms with E-state index >= 15 is 0 Å². The van der Waals surface area contributed by atoms with Crippen molar-refractivity contribution in [1.29, 1.82) is 0 Å². The zero-order valence-electron chi connectivity index (χ0n) is 14.0. The summed E-state index contributed by atoms with van der Waals surface area (Å²) in [5.74, 6) is -0.0618. The van der Waals surface area contributed by atoms with Gasteiger partial charge in [-0.05, 0) is 36.4 Å². The second kappa shape index (κ2) is 9.84. The number of amides is 2. The Hall–Kier alpha value is -1.34. The SMILES string of the molecule is CSP(=O)(O)NCCNC(=O)c1ccc(NC(=O)CC(C)C)cc1. The van der Waals surface area contributed by atoms with Crippen molar-refractivity contribution < 1.29 is 19.0 Å². The van der Waals surface area contributed by atoms with E-state index in [9.17, 15) is 19.0 Å². The number of benzene rings is 1. The van der Waals surface area contributed by atoms with Crippen LogP contribution in [-0.4, -0.2) is 36.1 Å². The lowest BCUT2D eigenvalue weighted by Crippen LogP contribution is -2.30. The van der Waals surface area contributed by atoms with Gasteiger partial charge in [0, 0.05) is 30.8 Å². The molecule has 9 heteroatoms. The molecule has 0 aliphatic carbocycles. The minimum absolute atomic E-state index is 0.0597. The number of anilines is 1. The smallest absolute Gasteiger partial charge is 0.323 e.